The van der Waals surface area contributed by atoms with Crippen molar-refractivity contribution < 1.29 is 8.42 Å². The third kappa shape index (κ3) is 3.81. The van der Waals surface area contributed by atoms with Gasteiger partial charge < -0.3 is 0 Å². The number of nitrogens with zero attached hydrogens (tertiary/aromatic N) is 1. The number of aryl methyl sites for hydroxylation is 1. The molecule has 1 aliphatic carbocycles. The van der Waals surface area contributed by atoms with Gasteiger partial charge in [0.1, 0.15) is 0 Å². The number of sulfonamides is 1. The number of thiophene rings is 1. The Morgan fingerprint density at radius 3 is 2.48 bits per heavy atom. The second kappa shape index (κ2) is 6.99. The number of hydrogen-bond acceptors (Lipinski definition) is 3. The van der Waals surface area contributed by atoms with E-state index in [1.54, 1.807) is 10.4 Å². The van der Waals surface area contributed by atoms with E-state index < -0.39 is 10.0 Å². The van der Waals surface area contributed by atoms with Gasteiger partial charge in [-0.15, -0.1) is 22.9 Å². The minimum atomic E-state index is -3.41. The van der Waals surface area contributed by atoms with Crippen molar-refractivity contribution in [2.75, 3.05) is 6.54 Å². The molecule has 3 nitrogen and oxygen atoms in total. The summed E-state index contributed by atoms with van der Waals surface area (Å²) in [5, 5.41) is 0. The zero-order chi connectivity index (χ0) is 15.6. The molecule has 1 aliphatic rings. The van der Waals surface area contributed by atoms with Crippen LogP contribution in [0.3, 0.4) is 0 Å². The van der Waals surface area contributed by atoms with Crippen molar-refractivity contribution in [1.82, 2.24) is 4.31 Å². The Bertz CT molecular complexity index is 574. The molecule has 0 bridgehead atoms. The van der Waals surface area contributed by atoms with E-state index in [0.717, 1.165) is 35.4 Å². The summed E-state index contributed by atoms with van der Waals surface area (Å²) in [7, 11) is -3.41. The molecule has 120 valence electrons. The van der Waals surface area contributed by atoms with Gasteiger partial charge in [-0.3, -0.25) is 0 Å². The molecule has 1 heterocycles. The van der Waals surface area contributed by atoms with Gasteiger partial charge >= 0.3 is 0 Å². The first kappa shape index (κ1) is 17.3. The molecule has 6 heteroatoms. The third-order valence-electron chi connectivity index (χ3n) is 3.92. The molecule has 1 aromatic heterocycles. The second-order valence-electron chi connectivity index (χ2n) is 6.17. The maximum Gasteiger partial charge on any atom is 0.244 e. The summed E-state index contributed by atoms with van der Waals surface area (Å²) in [5.74, 6) is 0.695. The summed E-state index contributed by atoms with van der Waals surface area (Å²) in [5.41, 5.74) is 0. The lowest BCUT2D eigenvalue weighted by Gasteiger charge is -2.29. The summed E-state index contributed by atoms with van der Waals surface area (Å²) < 4.78 is 27.9. The van der Waals surface area contributed by atoms with Gasteiger partial charge in [-0.2, -0.15) is 4.31 Å². The normalized spacial score (nSPS) is 17.2. The molecule has 0 spiro atoms. The molecule has 1 saturated carbocycles. The first-order chi connectivity index (χ1) is 9.86. The molecule has 0 atom stereocenters. The Balaban J connectivity index is 2.38. The predicted molar refractivity (Wildman–Crippen MR) is 89.6 cm³/mol. The van der Waals surface area contributed by atoms with Gasteiger partial charge in [-0.1, -0.05) is 26.7 Å². The van der Waals surface area contributed by atoms with Gasteiger partial charge in [-0.25, -0.2) is 8.42 Å². The largest absolute Gasteiger partial charge is 0.244 e. The SMILES string of the molecule is Cc1sc(CCl)cc1S(=O)(=O)N(CC(C)C)C1CCCC1. The number of rotatable bonds is 6. The zero-order valence-corrected chi connectivity index (χ0v) is 15.3. The summed E-state index contributed by atoms with van der Waals surface area (Å²) in [6, 6.07) is 1.92. The molecule has 1 aromatic rings. The molecular formula is C15H24ClNO2S2. The van der Waals surface area contributed by atoms with Gasteiger partial charge in [0.25, 0.3) is 0 Å². The van der Waals surface area contributed by atoms with Crippen LogP contribution in [0.2, 0.25) is 0 Å². The molecule has 0 saturated heterocycles. The lowest BCUT2D eigenvalue weighted by atomic mass is 10.2. The van der Waals surface area contributed by atoms with E-state index in [-0.39, 0.29) is 6.04 Å². The fourth-order valence-electron chi connectivity index (χ4n) is 2.97. The van der Waals surface area contributed by atoms with Crippen LogP contribution >= 0.6 is 22.9 Å². The summed E-state index contributed by atoms with van der Waals surface area (Å²) in [4.78, 5) is 2.22. The van der Waals surface area contributed by atoms with Crippen LogP contribution in [0.5, 0.6) is 0 Å². The average molecular weight is 350 g/mol. The van der Waals surface area contributed by atoms with Crippen molar-refractivity contribution in [3.8, 4) is 0 Å². The molecule has 1 fully saturated rings. The third-order valence-corrected chi connectivity index (χ3v) is 7.59. The fraction of sp³-hybridized carbons (Fsp3) is 0.733. The van der Waals surface area contributed by atoms with E-state index in [1.807, 2.05) is 6.92 Å². The highest BCUT2D eigenvalue weighted by molar-refractivity contribution is 7.89. The highest BCUT2D eigenvalue weighted by Crippen LogP contribution is 2.34. The Morgan fingerprint density at radius 2 is 2.00 bits per heavy atom. The van der Waals surface area contributed by atoms with Crippen LogP contribution in [0.15, 0.2) is 11.0 Å². The zero-order valence-electron chi connectivity index (χ0n) is 12.9. The maximum atomic E-state index is 13.1. The first-order valence-corrected chi connectivity index (χ1v) is 10.3. The topological polar surface area (TPSA) is 37.4 Å². The second-order valence-corrected chi connectivity index (χ2v) is 9.64. The van der Waals surface area contributed by atoms with Crippen LogP contribution in [0, 0.1) is 12.8 Å². The van der Waals surface area contributed by atoms with E-state index in [1.165, 1.54) is 11.3 Å². The molecular weight excluding hydrogens is 326 g/mol. The molecule has 0 aromatic carbocycles. The van der Waals surface area contributed by atoms with E-state index in [0.29, 0.717) is 23.2 Å². The highest BCUT2D eigenvalue weighted by Gasteiger charge is 2.35. The van der Waals surface area contributed by atoms with Crippen molar-refractivity contribution in [3.05, 3.63) is 15.8 Å². The Labute approximate surface area is 137 Å². The minimum Gasteiger partial charge on any atom is -0.207 e. The van der Waals surface area contributed by atoms with Gasteiger partial charge in [0, 0.05) is 22.3 Å². The molecule has 2 rings (SSSR count). The molecule has 0 aliphatic heterocycles. The van der Waals surface area contributed by atoms with Crippen molar-refractivity contribution in [1.29, 1.82) is 0 Å². The average Bonchev–Trinajstić information content (AvgIpc) is 3.04. The molecule has 0 radical (unpaired) electrons. The van der Waals surface area contributed by atoms with Crippen LogP contribution in [-0.4, -0.2) is 25.3 Å². The van der Waals surface area contributed by atoms with Crippen molar-refractivity contribution in [2.45, 2.75) is 63.3 Å². The van der Waals surface area contributed by atoms with Crippen LogP contribution in [0.25, 0.3) is 0 Å². The van der Waals surface area contributed by atoms with E-state index in [4.69, 9.17) is 11.6 Å². The van der Waals surface area contributed by atoms with Gasteiger partial charge in [-0.05, 0) is 31.7 Å². The molecule has 0 amide bonds. The van der Waals surface area contributed by atoms with Crippen LogP contribution in [0.1, 0.15) is 49.3 Å². The van der Waals surface area contributed by atoms with Gasteiger partial charge in [0.15, 0.2) is 0 Å². The number of alkyl halides is 1. The van der Waals surface area contributed by atoms with Crippen molar-refractivity contribution in [3.63, 3.8) is 0 Å². The molecule has 21 heavy (non-hydrogen) atoms. The van der Waals surface area contributed by atoms with Crippen LogP contribution in [-0.2, 0) is 15.9 Å². The van der Waals surface area contributed by atoms with E-state index in [9.17, 15) is 8.42 Å². The smallest absolute Gasteiger partial charge is 0.207 e. The van der Waals surface area contributed by atoms with Gasteiger partial charge in [0.05, 0.1) is 10.8 Å². The van der Waals surface area contributed by atoms with Crippen LogP contribution < -0.4 is 0 Å². The van der Waals surface area contributed by atoms with Gasteiger partial charge in [0.2, 0.25) is 10.0 Å². The van der Waals surface area contributed by atoms with Crippen molar-refractivity contribution in [2.24, 2.45) is 5.92 Å². The Morgan fingerprint density at radius 1 is 1.38 bits per heavy atom. The number of halogens is 1. The van der Waals surface area contributed by atoms with Crippen molar-refractivity contribution >= 4 is 33.0 Å². The summed E-state index contributed by atoms with van der Waals surface area (Å²) >= 11 is 7.34. The predicted octanol–water partition coefficient (Wildman–Crippen LogP) is 4.38. The molecule has 0 unspecified atom stereocenters. The first-order valence-electron chi connectivity index (χ1n) is 7.53. The Hall–Kier alpha value is -0.100. The van der Waals surface area contributed by atoms with E-state index in [2.05, 4.69) is 13.8 Å². The lowest BCUT2D eigenvalue weighted by molar-refractivity contribution is 0.292. The highest BCUT2D eigenvalue weighted by atomic mass is 35.5. The standard InChI is InChI=1S/C15H24ClNO2S2/c1-11(2)10-17(13-6-4-5-7-13)21(18,19)15-8-14(9-16)20-12(15)3/h8,11,13H,4-7,9-10H2,1-3H3. The lowest BCUT2D eigenvalue weighted by Crippen LogP contribution is -2.41. The fourth-order valence-corrected chi connectivity index (χ4v) is 6.51. The summed E-state index contributed by atoms with van der Waals surface area (Å²) in [6.07, 6.45) is 4.23. The minimum absolute atomic E-state index is 0.163. The monoisotopic (exact) mass is 349 g/mol. The Kier molecular flexibility index (Phi) is 5.74. The van der Waals surface area contributed by atoms with Crippen LogP contribution in [0.4, 0.5) is 0 Å². The number of hydrogen-bond donors (Lipinski definition) is 0. The quantitative estimate of drug-likeness (QED) is 0.714. The van der Waals surface area contributed by atoms with E-state index >= 15 is 0 Å². The molecule has 0 N–H and O–H groups in total. The summed E-state index contributed by atoms with van der Waals surface area (Å²) in [6.45, 7) is 6.61. The maximum absolute atomic E-state index is 13.1.